The summed E-state index contributed by atoms with van der Waals surface area (Å²) in [5.74, 6) is 1.96. The smallest absolute Gasteiger partial charge is 0.133 e. The Morgan fingerprint density at radius 3 is 2.89 bits per heavy atom. The molecule has 102 valence electrons. The summed E-state index contributed by atoms with van der Waals surface area (Å²) in [7, 11) is 1.68. The van der Waals surface area contributed by atoms with Crippen molar-refractivity contribution >= 4 is 23.1 Å². The molecule has 0 fully saturated rings. The van der Waals surface area contributed by atoms with Crippen LogP contribution in [0, 0.1) is 0 Å². The summed E-state index contributed by atoms with van der Waals surface area (Å²) in [4.78, 5) is 5.63. The second-order valence-corrected chi connectivity index (χ2v) is 6.08. The molecule has 3 nitrogen and oxygen atoms in total. The van der Waals surface area contributed by atoms with Crippen LogP contribution in [0.5, 0.6) is 5.75 Å². The minimum atomic E-state index is 0.501. The molecule has 0 radical (unpaired) electrons. The first kappa shape index (κ1) is 14.4. The molecule has 0 aliphatic heterocycles. The highest BCUT2D eigenvalue weighted by Gasteiger charge is 2.05. The van der Waals surface area contributed by atoms with E-state index in [-0.39, 0.29) is 0 Å². The molecule has 0 amide bonds. The average Bonchev–Trinajstić information content (AvgIpc) is 2.86. The van der Waals surface area contributed by atoms with Gasteiger partial charge in [-0.05, 0) is 17.9 Å². The Morgan fingerprint density at radius 1 is 1.26 bits per heavy atom. The lowest BCUT2D eigenvalue weighted by atomic mass is 10.3. The topological polar surface area (TPSA) is 31.4 Å². The zero-order valence-electron chi connectivity index (χ0n) is 11.1. The highest BCUT2D eigenvalue weighted by molar-refractivity contribution is 7.99. The SMILES string of the molecule is CCSc1ccccc1OCc1csc(COC)n1. The molecule has 0 aliphatic carbocycles. The lowest BCUT2D eigenvalue weighted by Crippen LogP contribution is -1.97. The highest BCUT2D eigenvalue weighted by atomic mass is 32.2. The summed E-state index contributed by atoms with van der Waals surface area (Å²) in [5, 5.41) is 3.00. The molecule has 1 aromatic carbocycles. The van der Waals surface area contributed by atoms with Gasteiger partial charge in [0.05, 0.1) is 12.3 Å². The van der Waals surface area contributed by atoms with E-state index in [0.717, 1.165) is 22.2 Å². The summed E-state index contributed by atoms with van der Waals surface area (Å²) >= 11 is 3.39. The third-order valence-corrected chi connectivity index (χ3v) is 4.20. The van der Waals surface area contributed by atoms with E-state index in [1.54, 1.807) is 30.2 Å². The number of aromatic nitrogens is 1. The van der Waals surface area contributed by atoms with Crippen LogP contribution < -0.4 is 4.74 Å². The van der Waals surface area contributed by atoms with E-state index < -0.39 is 0 Å². The van der Waals surface area contributed by atoms with Crippen molar-refractivity contribution in [3.63, 3.8) is 0 Å². The van der Waals surface area contributed by atoms with E-state index in [2.05, 4.69) is 18.0 Å². The number of hydrogen-bond donors (Lipinski definition) is 0. The molecule has 0 N–H and O–H groups in total. The minimum absolute atomic E-state index is 0.501. The van der Waals surface area contributed by atoms with E-state index in [4.69, 9.17) is 9.47 Å². The molecule has 0 aliphatic rings. The first-order valence-electron chi connectivity index (χ1n) is 6.10. The van der Waals surface area contributed by atoms with E-state index in [1.165, 1.54) is 4.90 Å². The summed E-state index contributed by atoms with van der Waals surface area (Å²) in [5.41, 5.74) is 0.952. The Morgan fingerprint density at radius 2 is 2.11 bits per heavy atom. The minimum Gasteiger partial charge on any atom is -0.486 e. The maximum atomic E-state index is 5.85. The Hall–Kier alpha value is -1.04. The number of para-hydroxylation sites is 1. The predicted molar refractivity (Wildman–Crippen MR) is 80.0 cm³/mol. The fourth-order valence-electron chi connectivity index (χ4n) is 1.60. The third kappa shape index (κ3) is 4.23. The van der Waals surface area contributed by atoms with Gasteiger partial charge in [-0.3, -0.25) is 0 Å². The maximum Gasteiger partial charge on any atom is 0.133 e. The Kier molecular flexibility index (Phi) is 5.69. The first-order chi connectivity index (χ1) is 9.33. The summed E-state index contributed by atoms with van der Waals surface area (Å²) in [6, 6.07) is 8.11. The van der Waals surface area contributed by atoms with Crippen LogP contribution in [0.3, 0.4) is 0 Å². The molecular weight excluding hydrogens is 278 g/mol. The lowest BCUT2D eigenvalue weighted by molar-refractivity contribution is 0.184. The molecule has 2 aromatic rings. The van der Waals surface area contributed by atoms with Gasteiger partial charge in [0.2, 0.25) is 0 Å². The van der Waals surface area contributed by atoms with E-state index in [0.29, 0.717) is 13.2 Å². The molecule has 19 heavy (non-hydrogen) atoms. The van der Waals surface area contributed by atoms with Gasteiger partial charge in [-0.1, -0.05) is 19.1 Å². The molecule has 0 atom stereocenters. The van der Waals surface area contributed by atoms with Crippen LogP contribution in [-0.2, 0) is 18.0 Å². The molecule has 5 heteroatoms. The standard InChI is InChI=1S/C14H17NO2S2/c1-3-18-13-7-5-4-6-12(13)17-8-11-10-19-14(15-11)9-16-2/h4-7,10H,3,8-9H2,1-2H3. The fourth-order valence-corrected chi connectivity index (χ4v) is 3.10. The fraction of sp³-hybridized carbons (Fsp3) is 0.357. The number of rotatable bonds is 7. The van der Waals surface area contributed by atoms with Crippen molar-refractivity contribution < 1.29 is 9.47 Å². The van der Waals surface area contributed by atoms with Crippen LogP contribution in [0.2, 0.25) is 0 Å². The molecule has 0 saturated heterocycles. The van der Waals surface area contributed by atoms with E-state index >= 15 is 0 Å². The van der Waals surface area contributed by atoms with Crippen LogP contribution in [0.1, 0.15) is 17.6 Å². The molecular formula is C14H17NO2S2. The van der Waals surface area contributed by atoms with Gasteiger partial charge in [0.15, 0.2) is 0 Å². The molecule has 0 saturated carbocycles. The van der Waals surface area contributed by atoms with E-state index in [9.17, 15) is 0 Å². The summed E-state index contributed by atoms with van der Waals surface area (Å²) in [6.45, 7) is 3.20. The average molecular weight is 295 g/mol. The van der Waals surface area contributed by atoms with Gasteiger partial charge < -0.3 is 9.47 Å². The zero-order chi connectivity index (χ0) is 13.5. The molecule has 1 heterocycles. The first-order valence-corrected chi connectivity index (χ1v) is 7.97. The number of hydrogen-bond acceptors (Lipinski definition) is 5. The Bertz CT molecular complexity index is 514. The second-order valence-electron chi connectivity index (χ2n) is 3.83. The van der Waals surface area contributed by atoms with Crippen molar-refractivity contribution in [2.75, 3.05) is 12.9 Å². The number of methoxy groups -OCH3 is 1. The normalized spacial score (nSPS) is 10.6. The molecule has 0 unspecified atom stereocenters. The lowest BCUT2D eigenvalue weighted by Gasteiger charge is -2.09. The summed E-state index contributed by atoms with van der Waals surface area (Å²) < 4.78 is 10.9. The summed E-state index contributed by atoms with van der Waals surface area (Å²) in [6.07, 6.45) is 0. The second kappa shape index (κ2) is 7.53. The van der Waals surface area contributed by atoms with Gasteiger partial charge in [-0.15, -0.1) is 23.1 Å². The number of thiazole rings is 1. The van der Waals surface area contributed by atoms with Gasteiger partial charge >= 0.3 is 0 Å². The highest BCUT2D eigenvalue weighted by Crippen LogP contribution is 2.29. The van der Waals surface area contributed by atoms with Crippen molar-refractivity contribution in [1.29, 1.82) is 0 Å². The van der Waals surface area contributed by atoms with E-state index in [1.807, 2.05) is 23.6 Å². The van der Waals surface area contributed by atoms with Crippen LogP contribution in [-0.4, -0.2) is 17.8 Å². The van der Waals surface area contributed by atoms with Crippen LogP contribution in [0.15, 0.2) is 34.5 Å². The van der Waals surface area contributed by atoms with Gasteiger partial charge in [0.25, 0.3) is 0 Å². The van der Waals surface area contributed by atoms with Crippen LogP contribution >= 0.6 is 23.1 Å². The van der Waals surface area contributed by atoms with Crippen molar-refractivity contribution in [3.05, 3.63) is 40.3 Å². The number of thioether (sulfide) groups is 1. The van der Waals surface area contributed by atoms with Crippen LogP contribution in [0.4, 0.5) is 0 Å². The van der Waals surface area contributed by atoms with Crippen molar-refractivity contribution in [1.82, 2.24) is 4.98 Å². The molecule has 0 spiro atoms. The van der Waals surface area contributed by atoms with Gasteiger partial charge in [-0.2, -0.15) is 0 Å². The third-order valence-electron chi connectivity index (χ3n) is 2.39. The Balaban J connectivity index is 1.97. The van der Waals surface area contributed by atoms with Crippen molar-refractivity contribution in [2.24, 2.45) is 0 Å². The van der Waals surface area contributed by atoms with Gasteiger partial charge in [0.1, 0.15) is 17.4 Å². The molecule has 2 rings (SSSR count). The van der Waals surface area contributed by atoms with Crippen molar-refractivity contribution in [2.45, 2.75) is 25.0 Å². The molecule has 0 bridgehead atoms. The quantitative estimate of drug-likeness (QED) is 0.723. The Labute approximate surface area is 122 Å². The zero-order valence-corrected chi connectivity index (χ0v) is 12.7. The number of nitrogens with zero attached hydrogens (tertiary/aromatic N) is 1. The van der Waals surface area contributed by atoms with Crippen LogP contribution in [0.25, 0.3) is 0 Å². The monoisotopic (exact) mass is 295 g/mol. The number of benzene rings is 1. The largest absolute Gasteiger partial charge is 0.486 e. The predicted octanol–water partition coefficient (Wildman–Crippen LogP) is 3.98. The maximum absolute atomic E-state index is 5.85. The number of ether oxygens (including phenoxy) is 2. The van der Waals surface area contributed by atoms with Gasteiger partial charge in [-0.25, -0.2) is 4.98 Å². The molecule has 1 aromatic heterocycles. The van der Waals surface area contributed by atoms with Crippen molar-refractivity contribution in [3.8, 4) is 5.75 Å². The van der Waals surface area contributed by atoms with Gasteiger partial charge in [0, 0.05) is 17.4 Å².